The summed E-state index contributed by atoms with van der Waals surface area (Å²) in [6.45, 7) is 5.63. The predicted molar refractivity (Wildman–Crippen MR) is 86.5 cm³/mol. The van der Waals surface area contributed by atoms with Crippen LogP contribution in [0.2, 0.25) is 5.02 Å². The molecule has 1 aromatic heterocycles. The zero-order valence-electron chi connectivity index (χ0n) is 13.4. The second-order valence-electron chi connectivity index (χ2n) is 5.89. The molecule has 1 fully saturated rings. The van der Waals surface area contributed by atoms with Crippen LogP contribution in [-0.2, 0) is 0 Å². The summed E-state index contributed by atoms with van der Waals surface area (Å²) in [7, 11) is 2.00. The smallest absolute Gasteiger partial charge is 0.254 e. The molecule has 122 valence electrons. The zero-order valence-corrected chi connectivity index (χ0v) is 14.2. The average molecular weight is 335 g/mol. The molecular weight excluding hydrogens is 316 g/mol. The molecule has 0 spiro atoms. The van der Waals surface area contributed by atoms with E-state index >= 15 is 0 Å². The molecule has 2 heterocycles. The van der Waals surface area contributed by atoms with E-state index in [9.17, 15) is 4.79 Å². The van der Waals surface area contributed by atoms with Gasteiger partial charge in [-0.15, -0.1) is 0 Å². The van der Waals surface area contributed by atoms with Crippen LogP contribution in [0.3, 0.4) is 0 Å². The van der Waals surface area contributed by atoms with E-state index in [4.69, 9.17) is 16.1 Å². The van der Waals surface area contributed by atoms with E-state index in [0.29, 0.717) is 35.4 Å². The van der Waals surface area contributed by atoms with Gasteiger partial charge in [0.25, 0.3) is 5.91 Å². The summed E-state index contributed by atoms with van der Waals surface area (Å²) >= 11 is 5.97. The van der Waals surface area contributed by atoms with Gasteiger partial charge < -0.3 is 9.42 Å². The zero-order chi connectivity index (χ0) is 16.6. The SMILES string of the molecule is Cc1noc([C@H]2CN(C(=O)c3ccc(Cl)cc3C)CCN2C)n1. The predicted octanol–water partition coefficient (Wildman–Crippen LogP) is 2.47. The van der Waals surface area contributed by atoms with Crippen molar-refractivity contribution in [3.8, 4) is 0 Å². The van der Waals surface area contributed by atoms with Gasteiger partial charge in [0.05, 0.1) is 0 Å². The Morgan fingerprint density at radius 3 is 2.78 bits per heavy atom. The number of aryl methyl sites for hydroxylation is 2. The van der Waals surface area contributed by atoms with E-state index in [1.807, 2.05) is 24.9 Å². The Morgan fingerprint density at radius 2 is 2.13 bits per heavy atom. The van der Waals surface area contributed by atoms with E-state index in [1.165, 1.54) is 0 Å². The van der Waals surface area contributed by atoms with Crippen LogP contribution in [0.25, 0.3) is 0 Å². The molecule has 0 unspecified atom stereocenters. The standard InChI is InChI=1S/C16H19ClN4O2/c1-10-8-12(17)4-5-13(10)16(22)21-7-6-20(3)14(9-21)15-18-11(2)19-23-15/h4-5,8,14H,6-7,9H2,1-3H3/t14-/m1/s1. The lowest BCUT2D eigenvalue weighted by Crippen LogP contribution is -2.49. The van der Waals surface area contributed by atoms with Crippen LogP contribution in [0, 0.1) is 13.8 Å². The number of rotatable bonds is 2. The first-order valence-electron chi connectivity index (χ1n) is 7.51. The number of halogens is 1. The summed E-state index contributed by atoms with van der Waals surface area (Å²) in [5.41, 5.74) is 1.56. The highest BCUT2D eigenvalue weighted by Gasteiger charge is 2.32. The number of hydrogen-bond donors (Lipinski definition) is 0. The van der Waals surface area contributed by atoms with Crippen LogP contribution in [0.1, 0.15) is 33.7 Å². The lowest BCUT2D eigenvalue weighted by Gasteiger charge is -2.37. The molecular formula is C16H19ClN4O2. The number of nitrogens with zero attached hydrogens (tertiary/aromatic N) is 4. The van der Waals surface area contributed by atoms with Crippen molar-refractivity contribution >= 4 is 17.5 Å². The molecule has 1 amide bonds. The third kappa shape index (κ3) is 3.23. The lowest BCUT2D eigenvalue weighted by atomic mass is 10.1. The van der Waals surface area contributed by atoms with Gasteiger partial charge in [-0.1, -0.05) is 16.8 Å². The molecule has 1 saturated heterocycles. The summed E-state index contributed by atoms with van der Waals surface area (Å²) in [4.78, 5) is 21.1. The normalized spacial score (nSPS) is 19.1. The molecule has 0 saturated carbocycles. The van der Waals surface area contributed by atoms with E-state index in [1.54, 1.807) is 19.1 Å². The maximum Gasteiger partial charge on any atom is 0.254 e. The lowest BCUT2D eigenvalue weighted by molar-refractivity contribution is 0.0488. The summed E-state index contributed by atoms with van der Waals surface area (Å²) < 4.78 is 5.29. The van der Waals surface area contributed by atoms with Gasteiger partial charge >= 0.3 is 0 Å². The molecule has 2 aromatic rings. The number of amides is 1. The average Bonchev–Trinajstić information content (AvgIpc) is 2.93. The molecule has 1 aliphatic heterocycles. The Balaban J connectivity index is 1.81. The first-order chi connectivity index (χ1) is 11.0. The molecule has 3 rings (SSSR count). The van der Waals surface area contributed by atoms with Crippen LogP contribution in [0.4, 0.5) is 0 Å². The van der Waals surface area contributed by atoms with Crippen molar-refractivity contribution in [2.24, 2.45) is 0 Å². The quantitative estimate of drug-likeness (QED) is 0.844. The maximum absolute atomic E-state index is 12.8. The maximum atomic E-state index is 12.8. The Morgan fingerprint density at radius 1 is 1.35 bits per heavy atom. The van der Waals surface area contributed by atoms with Crippen LogP contribution in [-0.4, -0.2) is 52.5 Å². The highest BCUT2D eigenvalue weighted by atomic mass is 35.5. The van der Waals surface area contributed by atoms with Gasteiger partial charge in [-0.3, -0.25) is 9.69 Å². The van der Waals surface area contributed by atoms with Crippen molar-refractivity contribution in [2.75, 3.05) is 26.7 Å². The topological polar surface area (TPSA) is 62.5 Å². The van der Waals surface area contributed by atoms with Crippen molar-refractivity contribution in [1.29, 1.82) is 0 Å². The third-order valence-corrected chi connectivity index (χ3v) is 4.42. The largest absolute Gasteiger partial charge is 0.338 e. The van der Waals surface area contributed by atoms with Crippen molar-refractivity contribution in [2.45, 2.75) is 19.9 Å². The Bertz CT molecular complexity index is 731. The minimum atomic E-state index is -0.0819. The molecule has 0 bridgehead atoms. The molecule has 0 aliphatic carbocycles. The number of carbonyl (C=O) groups excluding carboxylic acids is 1. The second kappa shape index (κ2) is 6.29. The van der Waals surface area contributed by atoms with Gasteiger partial charge in [0.2, 0.25) is 5.89 Å². The van der Waals surface area contributed by atoms with Gasteiger partial charge in [-0.25, -0.2) is 0 Å². The third-order valence-electron chi connectivity index (χ3n) is 4.18. The van der Waals surface area contributed by atoms with Gasteiger partial charge in [-0.05, 0) is 44.7 Å². The first-order valence-corrected chi connectivity index (χ1v) is 7.89. The fourth-order valence-corrected chi connectivity index (χ4v) is 3.04. The Labute approximate surface area is 140 Å². The fraction of sp³-hybridized carbons (Fsp3) is 0.438. The first kappa shape index (κ1) is 16.0. The van der Waals surface area contributed by atoms with Crippen LogP contribution in [0.15, 0.2) is 22.7 Å². The highest BCUT2D eigenvalue weighted by molar-refractivity contribution is 6.30. The monoisotopic (exact) mass is 334 g/mol. The summed E-state index contributed by atoms with van der Waals surface area (Å²) in [5.74, 6) is 1.16. The number of carbonyl (C=O) groups is 1. The summed E-state index contributed by atoms with van der Waals surface area (Å²) in [5, 5.41) is 4.48. The minimum Gasteiger partial charge on any atom is -0.338 e. The molecule has 1 aliphatic rings. The minimum absolute atomic E-state index is 0.00787. The van der Waals surface area contributed by atoms with Gasteiger partial charge in [0.15, 0.2) is 5.82 Å². The number of hydrogen-bond acceptors (Lipinski definition) is 5. The van der Waals surface area contributed by atoms with Crippen molar-refractivity contribution in [1.82, 2.24) is 19.9 Å². The van der Waals surface area contributed by atoms with Gasteiger partial charge in [0, 0.05) is 30.2 Å². The van der Waals surface area contributed by atoms with E-state index in [-0.39, 0.29) is 11.9 Å². The van der Waals surface area contributed by atoms with E-state index in [2.05, 4.69) is 15.0 Å². The van der Waals surface area contributed by atoms with Crippen LogP contribution in [0.5, 0.6) is 0 Å². The Kier molecular flexibility index (Phi) is 4.37. The molecule has 0 N–H and O–H groups in total. The molecule has 7 heteroatoms. The van der Waals surface area contributed by atoms with Gasteiger partial charge in [-0.2, -0.15) is 4.98 Å². The number of benzene rings is 1. The van der Waals surface area contributed by atoms with Crippen LogP contribution >= 0.6 is 11.6 Å². The molecule has 23 heavy (non-hydrogen) atoms. The van der Waals surface area contributed by atoms with Crippen molar-refractivity contribution in [3.05, 3.63) is 46.1 Å². The fourth-order valence-electron chi connectivity index (χ4n) is 2.81. The highest BCUT2D eigenvalue weighted by Crippen LogP contribution is 2.25. The summed E-state index contributed by atoms with van der Waals surface area (Å²) in [6, 6.07) is 5.26. The van der Waals surface area contributed by atoms with E-state index in [0.717, 1.165) is 12.1 Å². The van der Waals surface area contributed by atoms with E-state index < -0.39 is 0 Å². The van der Waals surface area contributed by atoms with Crippen molar-refractivity contribution in [3.63, 3.8) is 0 Å². The number of likely N-dealkylation sites (N-methyl/N-ethyl adjacent to an activating group) is 1. The number of aromatic nitrogens is 2. The molecule has 6 nitrogen and oxygen atoms in total. The van der Waals surface area contributed by atoms with Crippen LogP contribution < -0.4 is 0 Å². The number of piperazine rings is 1. The molecule has 0 radical (unpaired) electrons. The van der Waals surface area contributed by atoms with Crippen molar-refractivity contribution < 1.29 is 9.32 Å². The van der Waals surface area contributed by atoms with Gasteiger partial charge in [0.1, 0.15) is 6.04 Å². The molecule has 1 aromatic carbocycles. The second-order valence-corrected chi connectivity index (χ2v) is 6.32. The Hall–Kier alpha value is -1.92. The molecule has 1 atom stereocenters. The summed E-state index contributed by atoms with van der Waals surface area (Å²) in [6.07, 6.45) is 0.